The fourth-order valence-corrected chi connectivity index (χ4v) is 5.56. The van der Waals surface area contributed by atoms with Crippen molar-refractivity contribution in [3.63, 3.8) is 0 Å². The minimum atomic E-state index is -1.24. The first-order chi connectivity index (χ1) is 8.98. The molecule has 1 aromatic carbocycles. The van der Waals surface area contributed by atoms with Crippen molar-refractivity contribution in [2.24, 2.45) is 0 Å². The van der Waals surface area contributed by atoms with Crippen LogP contribution in [-0.2, 0) is 16.4 Å². The van der Waals surface area contributed by atoms with Crippen LogP contribution in [0.25, 0.3) is 0 Å². The van der Waals surface area contributed by atoms with Gasteiger partial charge in [-0.05, 0) is 43.4 Å². The third kappa shape index (κ3) is 2.34. The van der Waals surface area contributed by atoms with Crippen molar-refractivity contribution < 1.29 is 18.1 Å². The van der Waals surface area contributed by atoms with Crippen LogP contribution in [0.5, 0.6) is 0 Å². The maximum atomic E-state index is 13.3. The maximum Gasteiger partial charge on any atom is 0.126 e. The standard InChI is InChI=1S/C14H16F2O2S/c15-10-4-9(5-11(16)6-10)14(17)7-12-2-1-3-13(8-14)19(12)18/h4-6,12-13,17H,1-3,7-8H2. The quantitative estimate of drug-likeness (QED) is 0.861. The zero-order valence-corrected chi connectivity index (χ0v) is 11.3. The van der Waals surface area contributed by atoms with Gasteiger partial charge in [-0.1, -0.05) is 6.42 Å². The van der Waals surface area contributed by atoms with Gasteiger partial charge in [-0.3, -0.25) is 4.21 Å². The molecule has 19 heavy (non-hydrogen) atoms. The molecule has 1 N–H and O–H groups in total. The van der Waals surface area contributed by atoms with Crippen LogP contribution in [0.3, 0.4) is 0 Å². The Labute approximate surface area is 113 Å². The van der Waals surface area contributed by atoms with Crippen LogP contribution in [0, 0.1) is 11.6 Å². The Kier molecular flexibility index (Phi) is 3.21. The molecule has 3 rings (SSSR count). The van der Waals surface area contributed by atoms with Crippen molar-refractivity contribution in [2.75, 3.05) is 0 Å². The van der Waals surface area contributed by atoms with Gasteiger partial charge in [-0.15, -0.1) is 0 Å². The van der Waals surface area contributed by atoms with Crippen molar-refractivity contribution in [1.82, 2.24) is 0 Å². The first-order valence-electron chi connectivity index (χ1n) is 6.56. The van der Waals surface area contributed by atoms with Crippen molar-refractivity contribution in [1.29, 1.82) is 0 Å². The highest BCUT2D eigenvalue weighted by atomic mass is 32.2. The molecule has 2 bridgehead atoms. The van der Waals surface area contributed by atoms with E-state index in [1.165, 1.54) is 12.1 Å². The molecule has 2 fully saturated rings. The van der Waals surface area contributed by atoms with E-state index in [1.54, 1.807) is 0 Å². The molecule has 2 heterocycles. The summed E-state index contributed by atoms with van der Waals surface area (Å²) in [6, 6.07) is 3.18. The fraction of sp³-hybridized carbons (Fsp3) is 0.571. The molecule has 0 aromatic heterocycles. The molecule has 2 aliphatic heterocycles. The predicted octanol–water partition coefficient (Wildman–Crippen LogP) is 2.62. The summed E-state index contributed by atoms with van der Waals surface area (Å²) in [7, 11) is -0.915. The summed E-state index contributed by atoms with van der Waals surface area (Å²) in [4.78, 5) is 0. The van der Waals surface area contributed by atoms with Crippen LogP contribution in [0.1, 0.15) is 37.7 Å². The topological polar surface area (TPSA) is 37.3 Å². The zero-order valence-electron chi connectivity index (χ0n) is 10.4. The lowest BCUT2D eigenvalue weighted by molar-refractivity contribution is 0.00599. The molecule has 0 amide bonds. The zero-order chi connectivity index (χ0) is 13.6. The highest BCUT2D eigenvalue weighted by Crippen LogP contribution is 2.44. The van der Waals surface area contributed by atoms with Gasteiger partial charge in [-0.25, -0.2) is 8.78 Å². The SMILES string of the molecule is O=S1C2CCCC1CC(O)(c1cc(F)cc(F)c1)C2. The van der Waals surface area contributed by atoms with Gasteiger partial charge in [0.25, 0.3) is 0 Å². The molecule has 0 saturated carbocycles. The lowest BCUT2D eigenvalue weighted by Gasteiger charge is -2.43. The van der Waals surface area contributed by atoms with Gasteiger partial charge in [0.1, 0.15) is 11.6 Å². The third-order valence-electron chi connectivity index (χ3n) is 4.24. The van der Waals surface area contributed by atoms with Gasteiger partial charge >= 0.3 is 0 Å². The lowest BCUT2D eigenvalue weighted by Crippen LogP contribution is -2.47. The highest BCUT2D eigenvalue weighted by Gasteiger charge is 2.46. The number of halogens is 2. The summed E-state index contributed by atoms with van der Waals surface area (Å²) >= 11 is 0. The molecule has 5 heteroatoms. The van der Waals surface area contributed by atoms with Crippen LogP contribution in [-0.4, -0.2) is 19.8 Å². The Bertz CT molecular complexity index is 496. The summed E-state index contributed by atoms with van der Waals surface area (Å²) in [5, 5.41) is 10.6. The van der Waals surface area contributed by atoms with Crippen LogP contribution >= 0.6 is 0 Å². The maximum absolute atomic E-state index is 13.3. The van der Waals surface area contributed by atoms with Crippen LogP contribution in [0.4, 0.5) is 8.78 Å². The molecule has 2 aliphatic rings. The van der Waals surface area contributed by atoms with E-state index in [0.717, 1.165) is 25.3 Å². The van der Waals surface area contributed by atoms with E-state index in [9.17, 15) is 18.1 Å². The number of rotatable bonds is 1. The average molecular weight is 286 g/mol. The molecule has 0 radical (unpaired) electrons. The summed E-state index contributed by atoms with van der Waals surface area (Å²) in [5.41, 5.74) is -0.967. The second-order valence-corrected chi connectivity index (χ2v) is 7.59. The Morgan fingerprint density at radius 3 is 2.16 bits per heavy atom. The van der Waals surface area contributed by atoms with E-state index in [1.807, 2.05) is 0 Å². The van der Waals surface area contributed by atoms with Crippen molar-refractivity contribution in [2.45, 2.75) is 48.2 Å². The van der Waals surface area contributed by atoms with E-state index in [4.69, 9.17) is 0 Å². The smallest absolute Gasteiger partial charge is 0.126 e. The van der Waals surface area contributed by atoms with E-state index in [0.29, 0.717) is 12.8 Å². The monoisotopic (exact) mass is 286 g/mol. The predicted molar refractivity (Wildman–Crippen MR) is 69.1 cm³/mol. The van der Waals surface area contributed by atoms with Gasteiger partial charge < -0.3 is 5.11 Å². The van der Waals surface area contributed by atoms with Crippen LogP contribution in [0.15, 0.2) is 18.2 Å². The molecule has 2 saturated heterocycles. The number of hydrogen-bond donors (Lipinski definition) is 1. The van der Waals surface area contributed by atoms with Crippen LogP contribution < -0.4 is 0 Å². The van der Waals surface area contributed by atoms with Gasteiger partial charge in [-0.2, -0.15) is 0 Å². The molecule has 0 aliphatic carbocycles. The number of aliphatic hydroxyl groups is 1. The van der Waals surface area contributed by atoms with Crippen molar-refractivity contribution in [3.05, 3.63) is 35.4 Å². The first-order valence-corrected chi connectivity index (χ1v) is 7.84. The summed E-state index contributed by atoms with van der Waals surface area (Å²) in [6.45, 7) is 0. The average Bonchev–Trinajstić information content (AvgIpc) is 2.30. The number of hydrogen-bond acceptors (Lipinski definition) is 2. The summed E-state index contributed by atoms with van der Waals surface area (Å²) in [5.74, 6) is -1.36. The highest BCUT2D eigenvalue weighted by molar-refractivity contribution is 7.86. The summed E-state index contributed by atoms with van der Waals surface area (Å²) in [6.07, 6.45) is 3.33. The Morgan fingerprint density at radius 2 is 1.63 bits per heavy atom. The fourth-order valence-electron chi connectivity index (χ4n) is 3.34. The van der Waals surface area contributed by atoms with Gasteiger partial charge in [0, 0.05) is 27.4 Å². The molecule has 2 atom stereocenters. The van der Waals surface area contributed by atoms with Crippen molar-refractivity contribution in [3.8, 4) is 0 Å². The minimum Gasteiger partial charge on any atom is -0.385 e. The largest absolute Gasteiger partial charge is 0.385 e. The molecular weight excluding hydrogens is 270 g/mol. The molecular formula is C14H16F2O2S. The molecule has 1 aromatic rings. The lowest BCUT2D eigenvalue weighted by atomic mass is 9.80. The van der Waals surface area contributed by atoms with E-state index in [-0.39, 0.29) is 16.1 Å². The number of fused-ring (bicyclic) bond motifs is 2. The van der Waals surface area contributed by atoms with Crippen LogP contribution in [0.2, 0.25) is 0 Å². The molecule has 0 spiro atoms. The van der Waals surface area contributed by atoms with E-state index >= 15 is 0 Å². The molecule has 2 unspecified atom stereocenters. The first kappa shape index (κ1) is 13.2. The second kappa shape index (κ2) is 4.63. The normalized spacial score (nSPS) is 38.2. The van der Waals surface area contributed by atoms with Gasteiger partial charge in [0.05, 0.1) is 5.60 Å². The molecule has 104 valence electrons. The Balaban J connectivity index is 1.97. The van der Waals surface area contributed by atoms with Crippen molar-refractivity contribution >= 4 is 10.8 Å². The van der Waals surface area contributed by atoms with E-state index < -0.39 is 28.0 Å². The minimum absolute atomic E-state index is 0.0520. The van der Waals surface area contributed by atoms with Gasteiger partial charge in [0.15, 0.2) is 0 Å². The van der Waals surface area contributed by atoms with E-state index in [2.05, 4.69) is 0 Å². The third-order valence-corrected chi connectivity index (χ3v) is 6.36. The Hall–Kier alpha value is -0.810. The summed E-state index contributed by atoms with van der Waals surface area (Å²) < 4.78 is 38.7. The second-order valence-electron chi connectivity index (χ2n) is 5.60. The molecule has 2 nitrogen and oxygen atoms in total. The van der Waals surface area contributed by atoms with Gasteiger partial charge in [0.2, 0.25) is 0 Å². The Morgan fingerprint density at radius 1 is 1.11 bits per heavy atom. The number of benzene rings is 1.